The number of nitrogens with one attached hydrogen (secondary N) is 1. The minimum Gasteiger partial charge on any atom is -0.381 e. The smallest absolute Gasteiger partial charge is 0.253 e. The lowest BCUT2D eigenvalue weighted by Crippen LogP contribution is -2.54. The van der Waals surface area contributed by atoms with Gasteiger partial charge in [0.1, 0.15) is 5.54 Å². The van der Waals surface area contributed by atoms with Crippen molar-refractivity contribution in [2.24, 2.45) is 13.0 Å². The highest BCUT2D eigenvalue weighted by Gasteiger charge is 2.44. The van der Waals surface area contributed by atoms with Crippen LogP contribution in [0, 0.1) is 5.92 Å². The van der Waals surface area contributed by atoms with Crippen molar-refractivity contribution in [1.82, 2.24) is 24.5 Å². The molecule has 0 saturated carbocycles. The number of likely N-dealkylation sites (tertiary alicyclic amines) is 1. The molecule has 0 bridgehead atoms. The number of hydrogen-bond donors (Lipinski definition) is 1. The SMILES string of the molecule is Cn1ccc(NC(=O)C2(n3cccn3)CCN(CC3CCOCC3)CC2)n1. The van der Waals surface area contributed by atoms with E-state index in [2.05, 4.69) is 20.4 Å². The molecule has 1 N–H and O–H groups in total. The Hall–Kier alpha value is -2.19. The maximum atomic E-state index is 13.2. The maximum Gasteiger partial charge on any atom is 0.253 e. The largest absolute Gasteiger partial charge is 0.381 e. The van der Waals surface area contributed by atoms with Crippen molar-refractivity contribution in [2.75, 3.05) is 38.2 Å². The molecule has 0 unspecified atom stereocenters. The molecule has 4 heterocycles. The molecule has 1 amide bonds. The third-order valence-electron chi connectivity index (χ3n) is 5.86. The van der Waals surface area contributed by atoms with E-state index in [4.69, 9.17) is 4.74 Å². The van der Waals surface area contributed by atoms with Crippen LogP contribution in [0.15, 0.2) is 30.7 Å². The van der Waals surface area contributed by atoms with Gasteiger partial charge in [-0.15, -0.1) is 0 Å². The molecule has 2 fully saturated rings. The standard InChI is InChI=1S/C19H28N6O2/c1-23-10-3-17(22-23)21-18(26)19(25-9-2-8-20-25)6-11-24(12-7-19)15-16-4-13-27-14-5-16/h2-3,8-10,16H,4-7,11-15H2,1H3,(H,21,22,26). The van der Waals surface area contributed by atoms with Gasteiger partial charge in [-0.25, -0.2) is 0 Å². The van der Waals surface area contributed by atoms with E-state index < -0.39 is 5.54 Å². The molecule has 2 aliphatic rings. The number of amides is 1. The van der Waals surface area contributed by atoms with E-state index in [1.54, 1.807) is 10.9 Å². The van der Waals surface area contributed by atoms with E-state index in [-0.39, 0.29) is 5.91 Å². The van der Waals surface area contributed by atoms with Crippen LogP contribution in [0.1, 0.15) is 25.7 Å². The maximum absolute atomic E-state index is 13.2. The molecule has 2 aliphatic heterocycles. The van der Waals surface area contributed by atoms with Gasteiger partial charge >= 0.3 is 0 Å². The molecule has 8 nitrogen and oxygen atoms in total. The van der Waals surface area contributed by atoms with Crippen molar-refractivity contribution in [1.29, 1.82) is 0 Å². The van der Waals surface area contributed by atoms with Crippen molar-refractivity contribution in [3.05, 3.63) is 30.7 Å². The summed E-state index contributed by atoms with van der Waals surface area (Å²) in [5, 5.41) is 11.7. The summed E-state index contributed by atoms with van der Waals surface area (Å²) in [6, 6.07) is 3.69. The first-order valence-electron chi connectivity index (χ1n) is 9.77. The molecule has 146 valence electrons. The van der Waals surface area contributed by atoms with Crippen LogP contribution in [-0.4, -0.2) is 63.2 Å². The van der Waals surface area contributed by atoms with Crippen LogP contribution in [0.5, 0.6) is 0 Å². The average molecular weight is 372 g/mol. The van der Waals surface area contributed by atoms with E-state index in [1.165, 1.54) is 0 Å². The Kier molecular flexibility index (Phi) is 5.27. The summed E-state index contributed by atoms with van der Waals surface area (Å²) in [5.41, 5.74) is -0.660. The minimum absolute atomic E-state index is 0.0318. The highest BCUT2D eigenvalue weighted by molar-refractivity contribution is 5.96. The van der Waals surface area contributed by atoms with Gasteiger partial charge < -0.3 is 15.0 Å². The fourth-order valence-electron chi connectivity index (χ4n) is 4.20. The zero-order valence-electron chi connectivity index (χ0n) is 15.9. The van der Waals surface area contributed by atoms with Crippen molar-refractivity contribution in [3.8, 4) is 0 Å². The second-order valence-corrected chi connectivity index (χ2v) is 7.67. The van der Waals surface area contributed by atoms with E-state index in [1.807, 2.05) is 36.3 Å². The van der Waals surface area contributed by atoms with Crippen LogP contribution in [-0.2, 0) is 22.1 Å². The summed E-state index contributed by atoms with van der Waals surface area (Å²) in [6.07, 6.45) is 9.23. The Morgan fingerprint density at radius 3 is 2.70 bits per heavy atom. The third-order valence-corrected chi connectivity index (χ3v) is 5.86. The number of aromatic nitrogens is 4. The Balaban J connectivity index is 1.45. The highest BCUT2D eigenvalue weighted by atomic mass is 16.5. The number of hydrogen-bond acceptors (Lipinski definition) is 5. The van der Waals surface area contributed by atoms with Crippen LogP contribution >= 0.6 is 0 Å². The highest BCUT2D eigenvalue weighted by Crippen LogP contribution is 2.32. The summed E-state index contributed by atoms with van der Waals surface area (Å²) in [6.45, 7) is 4.64. The molecule has 8 heteroatoms. The van der Waals surface area contributed by atoms with E-state index in [0.717, 1.165) is 58.5 Å². The lowest BCUT2D eigenvalue weighted by Gasteiger charge is -2.41. The van der Waals surface area contributed by atoms with Gasteiger partial charge in [0.25, 0.3) is 5.91 Å². The number of carbonyl (C=O) groups excluding carboxylic acids is 1. The van der Waals surface area contributed by atoms with Crippen LogP contribution in [0.25, 0.3) is 0 Å². The molecule has 4 rings (SSSR count). The monoisotopic (exact) mass is 372 g/mol. The summed E-state index contributed by atoms with van der Waals surface area (Å²) in [5.74, 6) is 1.26. The molecule has 2 aromatic heterocycles. The first-order valence-corrected chi connectivity index (χ1v) is 9.77. The number of anilines is 1. The molecule has 0 atom stereocenters. The fraction of sp³-hybridized carbons (Fsp3) is 0.632. The van der Waals surface area contributed by atoms with Crippen LogP contribution in [0.2, 0.25) is 0 Å². The van der Waals surface area contributed by atoms with Crippen molar-refractivity contribution in [3.63, 3.8) is 0 Å². The van der Waals surface area contributed by atoms with Crippen LogP contribution in [0.4, 0.5) is 5.82 Å². The first kappa shape index (κ1) is 18.2. The van der Waals surface area contributed by atoms with Gasteiger partial charge in [-0.3, -0.25) is 14.2 Å². The first-order chi connectivity index (χ1) is 13.2. The number of carbonyl (C=O) groups is 1. The molecular weight excluding hydrogens is 344 g/mol. The number of piperidine rings is 1. The van der Waals surface area contributed by atoms with Gasteiger partial charge in [-0.05, 0) is 37.7 Å². The lowest BCUT2D eigenvalue weighted by atomic mass is 9.85. The Labute approximate surface area is 159 Å². The summed E-state index contributed by atoms with van der Waals surface area (Å²) < 4.78 is 8.99. The predicted molar refractivity (Wildman–Crippen MR) is 101 cm³/mol. The van der Waals surface area contributed by atoms with Gasteiger partial charge in [0.15, 0.2) is 5.82 Å². The molecular formula is C19H28N6O2. The van der Waals surface area contributed by atoms with E-state index in [9.17, 15) is 4.79 Å². The molecule has 2 saturated heterocycles. The molecule has 0 aromatic carbocycles. The molecule has 0 radical (unpaired) electrons. The molecule has 0 aliphatic carbocycles. The van der Waals surface area contributed by atoms with Crippen LogP contribution in [0.3, 0.4) is 0 Å². The summed E-state index contributed by atoms with van der Waals surface area (Å²) in [7, 11) is 1.84. The molecule has 0 spiro atoms. The van der Waals surface area contributed by atoms with Gasteiger partial charge in [0, 0.05) is 64.6 Å². The number of ether oxygens (including phenoxy) is 1. The number of aryl methyl sites for hydroxylation is 1. The quantitative estimate of drug-likeness (QED) is 0.860. The zero-order chi connectivity index (χ0) is 18.7. The zero-order valence-corrected chi connectivity index (χ0v) is 15.9. The Morgan fingerprint density at radius 1 is 1.30 bits per heavy atom. The number of nitrogens with zero attached hydrogens (tertiary/aromatic N) is 5. The van der Waals surface area contributed by atoms with Gasteiger partial charge in [-0.1, -0.05) is 0 Å². The Bertz CT molecular complexity index is 742. The average Bonchev–Trinajstić information content (AvgIpc) is 3.36. The predicted octanol–water partition coefficient (Wildman–Crippen LogP) is 1.47. The topological polar surface area (TPSA) is 77.2 Å². The third kappa shape index (κ3) is 3.91. The van der Waals surface area contributed by atoms with Crippen molar-refractivity contribution < 1.29 is 9.53 Å². The summed E-state index contributed by atoms with van der Waals surface area (Å²) in [4.78, 5) is 15.7. The summed E-state index contributed by atoms with van der Waals surface area (Å²) >= 11 is 0. The number of rotatable bonds is 5. The van der Waals surface area contributed by atoms with Crippen molar-refractivity contribution >= 4 is 11.7 Å². The van der Waals surface area contributed by atoms with Crippen molar-refractivity contribution in [2.45, 2.75) is 31.2 Å². The second kappa shape index (κ2) is 7.82. The lowest BCUT2D eigenvalue weighted by molar-refractivity contribution is -0.127. The van der Waals surface area contributed by atoms with Gasteiger partial charge in [0.05, 0.1) is 0 Å². The fourth-order valence-corrected chi connectivity index (χ4v) is 4.20. The van der Waals surface area contributed by atoms with Crippen LogP contribution < -0.4 is 5.32 Å². The van der Waals surface area contributed by atoms with Gasteiger partial charge in [-0.2, -0.15) is 10.2 Å². The van der Waals surface area contributed by atoms with E-state index >= 15 is 0 Å². The normalized spacial score (nSPS) is 21.2. The van der Waals surface area contributed by atoms with Gasteiger partial charge in [0.2, 0.25) is 0 Å². The Morgan fingerprint density at radius 2 is 2.07 bits per heavy atom. The second-order valence-electron chi connectivity index (χ2n) is 7.67. The molecule has 2 aromatic rings. The van der Waals surface area contributed by atoms with E-state index in [0.29, 0.717) is 11.7 Å². The molecule has 27 heavy (non-hydrogen) atoms. The minimum atomic E-state index is -0.660.